The van der Waals surface area contributed by atoms with E-state index in [0.29, 0.717) is 18.2 Å². The van der Waals surface area contributed by atoms with E-state index in [1.807, 2.05) is 23.6 Å². The smallest absolute Gasteiger partial charge is 0.253 e. The summed E-state index contributed by atoms with van der Waals surface area (Å²) in [5, 5.41) is 9.63. The number of fused-ring (bicyclic) bond motifs is 1. The van der Waals surface area contributed by atoms with Crippen LogP contribution < -0.4 is 5.32 Å². The zero-order valence-corrected chi connectivity index (χ0v) is 13.0. The fraction of sp³-hybridized carbons (Fsp3) is 0.400. The van der Waals surface area contributed by atoms with Gasteiger partial charge in [-0.15, -0.1) is 16.4 Å². The molecular formula is C15H17N5OS. The van der Waals surface area contributed by atoms with Crippen LogP contribution >= 0.6 is 11.3 Å². The van der Waals surface area contributed by atoms with Gasteiger partial charge < -0.3 is 5.32 Å². The van der Waals surface area contributed by atoms with Crippen LogP contribution in [0.3, 0.4) is 0 Å². The molecule has 2 aromatic rings. The number of rotatable bonds is 3. The molecule has 1 fully saturated rings. The van der Waals surface area contributed by atoms with Crippen LogP contribution in [0.25, 0.3) is 10.7 Å². The van der Waals surface area contributed by atoms with Gasteiger partial charge in [-0.1, -0.05) is 12.1 Å². The SMILES string of the molecule is O=C1CC=C(CN2CCCC2)Nc2nc(-c3cccs3)nn21. The molecule has 2 aliphatic rings. The first kappa shape index (κ1) is 13.7. The molecule has 7 heteroatoms. The van der Waals surface area contributed by atoms with Gasteiger partial charge in [-0.05, 0) is 37.4 Å². The van der Waals surface area contributed by atoms with Crippen molar-refractivity contribution in [2.45, 2.75) is 19.3 Å². The number of carbonyl (C=O) groups is 1. The summed E-state index contributed by atoms with van der Waals surface area (Å²) in [6.07, 6.45) is 4.83. The van der Waals surface area contributed by atoms with E-state index in [1.54, 1.807) is 11.3 Å². The third-order valence-electron chi connectivity index (χ3n) is 3.97. The van der Waals surface area contributed by atoms with Crippen LogP contribution in [-0.4, -0.2) is 45.2 Å². The van der Waals surface area contributed by atoms with E-state index >= 15 is 0 Å². The topological polar surface area (TPSA) is 63.1 Å². The Morgan fingerprint density at radius 3 is 2.95 bits per heavy atom. The average Bonchev–Trinajstić information content (AvgIpc) is 3.24. The van der Waals surface area contributed by atoms with Crippen LogP contribution in [0.2, 0.25) is 0 Å². The molecule has 0 atom stereocenters. The maximum atomic E-state index is 12.2. The van der Waals surface area contributed by atoms with Crippen molar-refractivity contribution in [3.05, 3.63) is 29.3 Å². The molecule has 0 aliphatic carbocycles. The molecule has 1 saturated heterocycles. The third-order valence-corrected chi connectivity index (χ3v) is 4.84. The molecule has 114 valence electrons. The minimum Gasteiger partial charge on any atom is -0.327 e. The first-order chi connectivity index (χ1) is 10.8. The molecule has 0 unspecified atom stereocenters. The van der Waals surface area contributed by atoms with Crippen molar-refractivity contribution in [1.82, 2.24) is 19.7 Å². The lowest BCUT2D eigenvalue weighted by molar-refractivity contribution is 0.0905. The van der Waals surface area contributed by atoms with Crippen molar-refractivity contribution in [2.75, 3.05) is 25.0 Å². The van der Waals surface area contributed by atoms with Gasteiger partial charge in [0.2, 0.25) is 5.95 Å². The van der Waals surface area contributed by atoms with Gasteiger partial charge in [0.05, 0.1) is 4.88 Å². The first-order valence-electron chi connectivity index (χ1n) is 7.52. The van der Waals surface area contributed by atoms with Crippen LogP contribution in [0.1, 0.15) is 24.1 Å². The summed E-state index contributed by atoms with van der Waals surface area (Å²) in [4.78, 5) is 20.1. The number of anilines is 1. The van der Waals surface area contributed by atoms with Crippen molar-refractivity contribution < 1.29 is 4.79 Å². The molecule has 0 saturated carbocycles. The second kappa shape index (κ2) is 5.66. The van der Waals surface area contributed by atoms with Crippen molar-refractivity contribution >= 4 is 23.2 Å². The van der Waals surface area contributed by atoms with E-state index in [1.165, 1.54) is 17.5 Å². The summed E-state index contributed by atoms with van der Waals surface area (Å²) in [6.45, 7) is 3.09. The number of nitrogens with zero attached hydrogens (tertiary/aromatic N) is 4. The molecule has 0 spiro atoms. The lowest BCUT2D eigenvalue weighted by atomic mass is 10.3. The quantitative estimate of drug-likeness (QED) is 0.942. The van der Waals surface area contributed by atoms with Crippen molar-refractivity contribution in [2.24, 2.45) is 0 Å². The lowest BCUT2D eigenvalue weighted by Gasteiger charge is -2.16. The van der Waals surface area contributed by atoms with Crippen molar-refractivity contribution in [3.63, 3.8) is 0 Å². The minimum atomic E-state index is -0.0470. The van der Waals surface area contributed by atoms with E-state index in [2.05, 4.69) is 20.3 Å². The number of hydrogen-bond acceptors (Lipinski definition) is 6. The van der Waals surface area contributed by atoms with Crippen molar-refractivity contribution in [3.8, 4) is 10.7 Å². The molecule has 22 heavy (non-hydrogen) atoms. The van der Waals surface area contributed by atoms with Crippen LogP contribution in [0.4, 0.5) is 5.95 Å². The molecule has 4 rings (SSSR count). The van der Waals surface area contributed by atoms with Gasteiger partial charge in [-0.3, -0.25) is 9.69 Å². The summed E-state index contributed by atoms with van der Waals surface area (Å²) in [5.74, 6) is 1.08. The minimum absolute atomic E-state index is 0.0470. The van der Waals surface area contributed by atoms with Gasteiger partial charge in [-0.2, -0.15) is 9.67 Å². The van der Waals surface area contributed by atoms with Crippen LogP contribution in [0, 0.1) is 0 Å². The Morgan fingerprint density at radius 1 is 1.32 bits per heavy atom. The standard InChI is InChI=1S/C15H17N5OS/c21-13-6-5-11(10-19-7-1-2-8-19)16-15-17-14(18-20(13)15)12-4-3-9-22-12/h3-5,9H,1-2,6-8,10H2,(H,16,17,18). The largest absolute Gasteiger partial charge is 0.327 e. The van der Waals surface area contributed by atoms with Gasteiger partial charge in [0.1, 0.15) is 0 Å². The Morgan fingerprint density at radius 2 is 2.18 bits per heavy atom. The number of aromatic nitrogens is 3. The maximum absolute atomic E-state index is 12.2. The normalized spacial score (nSPS) is 18.7. The number of carbonyl (C=O) groups excluding carboxylic acids is 1. The van der Waals surface area contributed by atoms with Crippen LogP contribution in [-0.2, 0) is 0 Å². The summed E-state index contributed by atoms with van der Waals surface area (Å²) >= 11 is 1.57. The zero-order valence-electron chi connectivity index (χ0n) is 12.2. The summed E-state index contributed by atoms with van der Waals surface area (Å²) in [7, 11) is 0. The Labute approximate surface area is 132 Å². The second-order valence-electron chi connectivity index (χ2n) is 5.58. The van der Waals surface area contributed by atoms with Crippen molar-refractivity contribution in [1.29, 1.82) is 0 Å². The van der Waals surface area contributed by atoms with Gasteiger partial charge in [0.25, 0.3) is 5.91 Å². The molecule has 1 N–H and O–H groups in total. The molecule has 0 aromatic carbocycles. The molecule has 6 nitrogen and oxygen atoms in total. The van der Waals surface area contributed by atoms with E-state index < -0.39 is 0 Å². The Balaban J connectivity index is 1.60. The Bertz CT molecular complexity index is 712. The van der Waals surface area contributed by atoms with E-state index in [4.69, 9.17) is 0 Å². The van der Waals surface area contributed by atoms with E-state index in [-0.39, 0.29) is 5.91 Å². The Hall–Kier alpha value is -1.99. The Kier molecular flexibility index (Phi) is 3.51. The zero-order chi connectivity index (χ0) is 14.9. The molecule has 4 heterocycles. The highest BCUT2D eigenvalue weighted by molar-refractivity contribution is 7.13. The summed E-state index contributed by atoms with van der Waals surface area (Å²) in [6, 6.07) is 3.92. The molecular weight excluding hydrogens is 298 g/mol. The average molecular weight is 315 g/mol. The van der Waals surface area contributed by atoms with Gasteiger partial charge in [0, 0.05) is 18.7 Å². The molecule has 0 amide bonds. The molecule has 0 bridgehead atoms. The fourth-order valence-electron chi connectivity index (χ4n) is 2.85. The summed E-state index contributed by atoms with van der Waals surface area (Å²) < 4.78 is 1.39. The first-order valence-corrected chi connectivity index (χ1v) is 8.40. The number of thiophene rings is 1. The number of hydrogen-bond donors (Lipinski definition) is 1. The predicted octanol–water partition coefficient (Wildman–Crippen LogP) is 2.44. The number of likely N-dealkylation sites (tertiary alicyclic amines) is 1. The lowest BCUT2D eigenvalue weighted by Crippen LogP contribution is -2.24. The maximum Gasteiger partial charge on any atom is 0.253 e. The third kappa shape index (κ3) is 2.57. The highest BCUT2D eigenvalue weighted by Crippen LogP contribution is 2.25. The van der Waals surface area contributed by atoms with E-state index in [9.17, 15) is 4.79 Å². The number of allylic oxidation sites excluding steroid dienone is 1. The molecule has 0 radical (unpaired) electrons. The highest BCUT2D eigenvalue weighted by Gasteiger charge is 2.22. The van der Waals surface area contributed by atoms with E-state index in [0.717, 1.165) is 30.2 Å². The summed E-state index contributed by atoms with van der Waals surface area (Å²) in [5.41, 5.74) is 1.04. The molecule has 2 aromatic heterocycles. The molecule has 2 aliphatic heterocycles. The van der Waals surface area contributed by atoms with Crippen LogP contribution in [0.5, 0.6) is 0 Å². The number of nitrogens with one attached hydrogen (secondary N) is 1. The monoisotopic (exact) mass is 315 g/mol. The van der Waals surface area contributed by atoms with Crippen LogP contribution in [0.15, 0.2) is 29.3 Å². The van der Waals surface area contributed by atoms with Gasteiger partial charge in [-0.25, -0.2) is 0 Å². The predicted molar refractivity (Wildman–Crippen MR) is 86.0 cm³/mol. The van der Waals surface area contributed by atoms with Gasteiger partial charge in [0.15, 0.2) is 5.82 Å². The fourth-order valence-corrected chi connectivity index (χ4v) is 3.51. The van der Waals surface area contributed by atoms with Gasteiger partial charge >= 0.3 is 0 Å². The highest BCUT2D eigenvalue weighted by atomic mass is 32.1. The second-order valence-corrected chi connectivity index (χ2v) is 6.53.